The van der Waals surface area contributed by atoms with Gasteiger partial charge in [0.25, 0.3) is 0 Å². The Kier molecular flexibility index (Phi) is 9.54. The minimum atomic E-state index is 0.0269. The van der Waals surface area contributed by atoms with E-state index in [0.717, 1.165) is 89.1 Å². The number of amidine groups is 1. The normalized spacial score (nSPS) is 16.4. The summed E-state index contributed by atoms with van der Waals surface area (Å²) in [4.78, 5) is 11.5. The molecule has 1 aliphatic rings. The lowest BCUT2D eigenvalue weighted by atomic mass is 9.92. The molecule has 5 nitrogen and oxygen atoms in total. The first kappa shape index (κ1) is 42.1. The van der Waals surface area contributed by atoms with Crippen LogP contribution in [0.2, 0.25) is 0 Å². The molecule has 14 aromatic rings. The molecule has 0 radical (unpaired) electrons. The number of aromatic nitrogens is 2. The van der Waals surface area contributed by atoms with Crippen molar-refractivity contribution in [2.45, 2.75) is 13.3 Å². The van der Waals surface area contributed by atoms with Gasteiger partial charge in [0.2, 0.25) is 0 Å². The van der Waals surface area contributed by atoms with Crippen LogP contribution in [-0.2, 0) is 0 Å². The van der Waals surface area contributed by atoms with Gasteiger partial charge in [-0.2, -0.15) is 0 Å². The van der Waals surface area contributed by atoms with Crippen molar-refractivity contribution in [2.24, 2.45) is 15.9 Å². The van der Waals surface area contributed by atoms with Crippen molar-refractivity contribution >= 4 is 104 Å². The molecular weight excluding hydrogens is 901 g/mol. The molecule has 1 unspecified atom stereocenters. The zero-order valence-electron chi connectivity index (χ0n) is 40.6. The molecular formula is C69H46N4O. The largest absolute Gasteiger partial charge is 0.456 e. The van der Waals surface area contributed by atoms with Crippen LogP contribution in [0.3, 0.4) is 0 Å². The topological polar surface area (TPSA) is 47.7 Å². The second-order valence-corrected chi connectivity index (χ2v) is 19.7. The number of hydrogen-bond donors (Lipinski definition) is 0. The second kappa shape index (κ2) is 16.8. The van der Waals surface area contributed by atoms with Crippen LogP contribution in [0.5, 0.6) is 0 Å². The van der Waals surface area contributed by atoms with Crippen molar-refractivity contribution in [3.8, 4) is 22.5 Å². The lowest BCUT2D eigenvalue weighted by molar-refractivity contribution is 0.669. The van der Waals surface area contributed by atoms with Crippen molar-refractivity contribution in [1.82, 2.24) is 9.13 Å². The lowest BCUT2D eigenvalue weighted by Crippen LogP contribution is -2.17. The fourth-order valence-electron chi connectivity index (χ4n) is 11.8. The number of hydrogen-bond acceptors (Lipinski definition) is 3. The number of furan rings is 1. The van der Waals surface area contributed by atoms with Crippen LogP contribution in [-0.4, -0.2) is 20.7 Å². The van der Waals surface area contributed by atoms with E-state index < -0.39 is 0 Å². The maximum atomic E-state index is 6.76. The van der Waals surface area contributed by atoms with E-state index in [4.69, 9.17) is 14.4 Å². The molecule has 0 bridgehead atoms. The molecule has 0 amide bonds. The van der Waals surface area contributed by atoms with Crippen LogP contribution in [0.1, 0.15) is 30.0 Å². The number of aliphatic imine (C=N–C) groups is 2. The van der Waals surface area contributed by atoms with Gasteiger partial charge < -0.3 is 13.6 Å². The van der Waals surface area contributed by atoms with E-state index in [0.29, 0.717) is 12.3 Å². The summed E-state index contributed by atoms with van der Waals surface area (Å²) in [6, 6.07) is 85.1. The zero-order chi connectivity index (χ0) is 48.9. The standard InChI is InChI=1S/C69H46N4O/c1-43-28-37-58(55-36-39-64-66(56-25-13-15-27-63(56)74-64)68(55)73-60-38-34-46-18-10-11-23-52(46)65(60)57-40-48-19-8-9-20-49(48)41-62(57)73)70-69(47-31-29-45(30-32-47)44-16-4-2-5-17-44)71-67(43)50-33-35-54-53-24-12-14-26-59(53)72(61(54)42-50)51-21-6-3-7-22-51/h2-27,29-43H,28H2,1H3/b58-37+,70-69-,71-67+. The van der Waals surface area contributed by atoms with E-state index in [1.165, 1.54) is 48.6 Å². The molecule has 348 valence electrons. The molecule has 0 fully saturated rings. The van der Waals surface area contributed by atoms with E-state index in [2.05, 4.69) is 259 Å². The molecule has 11 aromatic carbocycles. The molecule has 0 saturated carbocycles. The Labute approximate surface area is 426 Å². The van der Waals surface area contributed by atoms with Crippen molar-refractivity contribution in [3.05, 3.63) is 259 Å². The Balaban J connectivity index is 1.00. The summed E-state index contributed by atoms with van der Waals surface area (Å²) < 4.78 is 11.6. The number of para-hydroxylation sites is 3. The summed E-state index contributed by atoms with van der Waals surface area (Å²) in [6.45, 7) is 2.31. The zero-order valence-corrected chi connectivity index (χ0v) is 40.6. The van der Waals surface area contributed by atoms with E-state index in [1.54, 1.807) is 0 Å². The minimum Gasteiger partial charge on any atom is -0.456 e. The maximum absolute atomic E-state index is 6.76. The molecule has 15 rings (SSSR count). The van der Waals surface area contributed by atoms with Gasteiger partial charge in [-0.1, -0.05) is 189 Å². The Morgan fingerprint density at radius 1 is 0.405 bits per heavy atom. The number of benzene rings is 11. The average molecular weight is 947 g/mol. The van der Waals surface area contributed by atoms with Crippen LogP contribution < -0.4 is 0 Å². The van der Waals surface area contributed by atoms with Crippen LogP contribution in [0.25, 0.3) is 115 Å². The predicted octanol–water partition coefficient (Wildman–Crippen LogP) is 18.1. The summed E-state index contributed by atoms with van der Waals surface area (Å²) in [7, 11) is 0. The molecule has 0 N–H and O–H groups in total. The number of allylic oxidation sites excluding steroid dienone is 1. The van der Waals surface area contributed by atoms with Gasteiger partial charge in [-0.05, 0) is 105 Å². The highest BCUT2D eigenvalue weighted by atomic mass is 16.3. The van der Waals surface area contributed by atoms with E-state index >= 15 is 0 Å². The predicted molar refractivity (Wildman–Crippen MR) is 311 cm³/mol. The van der Waals surface area contributed by atoms with Gasteiger partial charge in [-0.25, -0.2) is 9.98 Å². The number of nitrogens with zero attached hydrogens (tertiary/aromatic N) is 4. The summed E-state index contributed by atoms with van der Waals surface area (Å²) in [5.41, 5.74) is 15.6. The van der Waals surface area contributed by atoms with E-state index in [-0.39, 0.29) is 5.92 Å². The minimum absolute atomic E-state index is 0.0269. The summed E-state index contributed by atoms with van der Waals surface area (Å²) >= 11 is 0. The Morgan fingerprint density at radius 3 is 1.86 bits per heavy atom. The smallest absolute Gasteiger partial charge is 0.160 e. The fourth-order valence-corrected chi connectivity index (χ4v) is 11.8. The summed E-state index contributed by atoms with van der Waals surface area (Å²) in [5, 5.41) is 11.8. The van der Waals surface area contributed by atoms with Crippen molar-refractivity contribution in [3.63, 3.8) is 0 Å². The van der Waals surface area contributed by atoms with Gasteiger partial charge in [0.1, 0.15) is 11.2 Å². The van der Waals surface area contributed by atoms with Crippen molar-refractivity contribution < 1.29 is 4.42 Å². The molecule has 4 heterocycles. The fraction of sp³-hybridized carbons (Fsp3) is 0.0435. The van der Waals surface area contributed by atoms with E-state index in [9.17, 15) is 0 Å². The summed E-state index contributed by atoms with van der Waals surface area (Å²) in [6.07, 6.45) is 3.06. The van der Waals surface area contributed by atoms with Gasteiger partial charge >= 0.3 is 0 Å². The first-order chi connectivity index (χ1) is 36.6. The SMILES string of the molecule is CC1C/C=C(c2ccc3oc4ccccc4c3c2-n2c3cc4ccccc4cc3c3c4ccccc4ccc32)/N=C(c2ccc(-c3ccccc3)cc2)\N=C/1c1ccc2c3ccccc3n(-c3ccccc3)c2c1. The average Bonchev–Trinajstić information content (AvgIpc) is 4.11. The van der Waals surface area contributed by atoms with Crippen LogP contribution >= 0.6 is 0 Å². The monoisotopic (exact) mass is 946 g/mol. The highest BCUT2D eigenvalue weighted by Crippen LogP contribution is 2.45. The Hall–Kier alpha value is -9.58. The van der Waals surface area contributed by atoms with Gasteiger partial charge in [-0.3, -0.25) is 0 Å². The first-order valence-corrected chi connectivity index (χ1v) is 25.5. The Morgan fingerprint density at radius 2 is 1.04 bits per heavy atom. The molecule has 5 heteroatoms. The summed E-state index contributed by atoms with van der Waals surface area (Å²) in [5.74, 6) is 0.683. The highest BCUT2D eigenvalue weighted by Gasteiger charge is 2.26. The molecule has 3 aromatic heterocycles. The third-order valence-corrected chi connectivity index (χ3v) is 15.4. The van der Waals surface area contributed by atoms with Crippen LogP contribution in [0.4, 0.5) is 0 Å². The van der Waals surface area contributed by atoms with Gasteiger partial charge in [-0.15, -0.1) is 0 Å². The van der Waals surface area contributed by atoms with Crippen molar-refractivity contribution in [2.75, 3.05) is 0 Å². The Bertz CT molecular complexity index is 4680. The molecule has 0 saturated heterocycles. The third kappa shape index (κ3) is 6.63. The van der Waals surface area contributed by atoms with E-state index in [1.807, 2.05) is 0 Å². The molecule has 1 atom stereocenters. The molecule has 0 spiro atoms. The van der Waals surface area contributed by atoms with Crippen molar-refractivity contribution in [1.29, 1.82) is 0 Å². The van der Waals surface area contributed by atoms with Gasteiger partial charge in [0.15, 0.2) is 5.84 Å². The lowest BCUT2D eigenvalue weighted by Gasteiger charge is -2.21. The quantitative estimate of drug-likeness (QED) is 0.164. The van der Waals surface area contributed by atoms with Gasteiger partial charge in [0.05, 0.1) is 44.5 Å². The molecule has 1 aliphatic heterocycles. The van der Waals surface area contributed by atoms with Gasteiger partial charge in [0, 0.05) is 49.7 Å². The molecule has 74 heavy (non-hydrogen) atoms. The third-order valence-electron chi connectivity index (χ3n) is 15.4. The van der Waals surface area contributed by atoms with Crippen LogP contribution in [0.15, 0.2) is 257 Å². The molecule has 0 aliphatic carbocycles. The second-order valence-electron chi connectivity index (χ2n) is 19.7. The maximum Gasteiger partial charge on any atom is 0.160 e. The number of fused-ring (bicyclic) bond motifs is 12. The first-order valence-electron chi connectivity index (χ1n) is 25.5. The number of rotatable bonds is 6. The highest BCUT2D eigenvalue weighted by molar-refractivity contribution is 6.25. The van der Waals surface area contributed by atoms with Crippen LogP contribution in [0, 0.1) is 5.92 Å².